The zero-order chi connectivity index (χ0) is 17.9. The third kappa shape index (κ3) is 3.94. The van der Waals surface area contributed by atoms with Crippen molar-refractivity contribution >= 4 is 51.9 Å². The molecule has 0 spiro atoms. The molecular weight excluding hydrogens is 366 g/mol. The number of hydrogen-bond acceptors (Lipinski definition) is 4. The van der Waals surface area contributed by atoms with Crippen molar-refractivity contribution in [1.82, 2.24) is 5.32 Å². The van der Waals surface area contributed by atoms with Crippen LogP contribution in [0.3, 0.4) is 0 Å². The van der Waals surface area contributed by atoms with Gasteiger partial charge in [0.15, 0.2) is 5.17 Å². The van der Waals surface area contributed by atoms with E-state index in [2.05, 4.69) is 39.5 Å². The van der Waals surface area contributed by atoms with Crippen molar-refractivity contribution in [2.75, 3.05) is 18.0 Å². The molecular formula is C20H18ClN3OS. The lowest BCUT2D eigenvalue weighted by Crippen LogP contribution is -2.19. The van der Waals surface area contributed by atoms with Crippen LogP contribution in [0.5, 0.6) is 0 Å². The van der Waals surface area contributed by atoms with Crippen LogP contribution in [0.1, 0.15) is 18.4 Å². The van der Waals surface area contributed by atoms with Gasteiger partial charge in [0.25, 0.3) is 5.91 Å². The van der Waals surface area contributed by atoms with Gasteiger partial charge in [0, 0.05) is 23.8 Å². The zero-order valence-corrected chi connectivity index (χ0v) is 15.7. The summed E-state index contributed by atoms with van der Waals surface area (Å²) in [7, 11) is 0. The van der Waals surface area contributed by atoms with E-state index in [1.54, 1.807) is 12.1 Å². The number of nitrogens with zero attached hydrogens (tertiary/aromatic N) is 2. The van der Waals surface area contributed by atoms with E-state index in [4.69, 9.17) is 11.6 Å². The Kier molecular flexibility index (Phi) is 5.00. The molecule has 1 N–H and O–H groups in total. The van der Waals surface area contributed by atoms with Crippen molar-refractivity contribution in [3.63, 3.8) is 0 Å². The first-order valence-electron chi connectivity index (χ1n) is 8.57. The Hall–Kier alpha value is -2.24. The highest BCUT2D eigenvalue weighted by Gasteiger charge is 2.23. The molecule has 0 aliphatic carbocycles. The SMILES string of the molecule is O=C1NC(=Nc2cccc(Cl)c2)S/C1=C\c1ccc(N2CCCC2)cc1. The van der Waals surface area contributed by atoms with Gasteiger partial charge in [0.05, 0.1) is 10.6 Å². The highest BCUT2D eigenvalue weighted by atomic mass is 35.5. The van der Waals surface area contributed by atoms with Crippen LogP contribution in [-0.2, 0) is 4.79 Å². The fourth-order valence-electron chi connectivity index (χ4n) is 3.05. The topological polar surface area (TPSA) is 44.7 Å². The fourth-order valence-corrected chi connectivity index (χ4v) is 4.08. The van der Waals surface area contributed by atoms with Crippen molar-refractivity contribution in [2.45, 2.75) is 12.8 Å². The number of carbonyl (C=O) groups excluding carboxylic acids is 1. The molecule has 0 atom stereocenters. The van der Waals surface area contributed by atoms with Gasteiger partial charge in [0.2, 0.25) is 0 Å². The van der Waals surface area contributed by atoms with Gasteiger partial charge in [-0.1, -0.05) is 29.8 Å². The first-order chi connectivity index (χ1) is 12.7. The van der Waals surface area contributed by atoms with E-state index in [0.29, 0.717) is 15.1 Å². The lowest BCUT2D eigenvalue weighted by molar-refractivity contribution is -0.115. The zero-order valence-electron chi connectivity index (χ0n) is 14.1. The quantitative estimate of drug-likeness (QED) is 0.772. The number of thioether (sulfide) groups is 1. The number of amides is 1. The van der Waals surface area contributed by atoms with Crippen LogP contribution < -0.4 is 10.2 Å². The third-order valence-electron chi connectivity index (χ3n) is 4.35. The van der Waals surface area contributed by atoms with Gasteiger partial charge in [-0.3, -0.25) is 4.79 Å². The van der Waals surface area contributed by atoms with Crippen LogP contribution in [0.25, 0.3) is 6.08 Å². The standard InChI is InChI=1S/C20H18ClN3OS/c21-15-4-3-5-16(13-15)22-20-23-19(25)18(26-20)12-14-6-8-17(9-7-14)24-10-1-2-11-24/h3-9,12-13H,1-2,10-11H2,(H,22,23,25)/b18-12-. The summed E-state index contributed by atoms with van der Waals surface area (Å²) in [4.78, 5) is 19.7. The Bertz CT molecular complexity index is 886. The summed E-state index contributed by atoms with van der Waals surface area (Å²) in [6.45, 7) is 2.25. The van der Waals surface area contributed by atoms with Crippen molar-refractivity contribution < 1.29 is 4.79 Å². The Balaban J connectivity index is 1.49. The Morgan fingerprint density at radius 3 is 2.62 bits per heavy atom. The number of rotatable bonds is 3. The van der Waals surface area contributed by atoms with E-state index in [1.807, 2.05) is 18.2 Å². The highest BCUT2D eigenvalue weighted by Crippen LogP contribution is 2.29. The summed E-state index contributed by atoms with van der Waals surface area (Å²) in [6, 6.07) is 15.6. The summed E-state index contributed by atoms with van der Waals surface area (Å²) < 4.78 is 0. The van der Waals surface area contributed by atoms with Crippen molar-refractivity contribution in [2.24, 2.45) is 4.99 Å². The Morgan fingerprint density at radius 1 is 1.12 bits per heavy atom. The average molecular weight is 384 g/mol. The fraction of sp³-hybridized carbons (Fsp3) is 0.200. The van der Waals surface area contributed by atoms with E-state index in [9.17, 15) is 4.79 Å². The van der Waals surface area contributed by atoms with E-state index < -0.39 is 0 Å². The highest BCUT2D eigenvalue weighted by molar-refractivity contribution is 8.18. The number of carbonyl (C=O) groups is 1. The number of hydrogen-bond donors (Lipinski definition) is 1. The molecule has 4 rings (SSSR count). The normalized spacial score (nSPS) is 20.2. The van der Waals surface area contributed by atoms with Crippen LogP contribution in [0.4, 0.5) is 11.4 Å². The monoisotopic (exact) mass is 383 g/mol. The van der Waals surface area contributed by atoms with E-state index >= 15 is 0 Å². The molecule has 1 amide bonds. The molecule has 0 unspecified atom stereocenters. The molecule has 0 bridgehead atoms. The summed E-state index contributed by atoms with van der Waals surface area (Å²) in [6.07, 6.45) is 4.42. The van der Waals surface area contributed by atoms with Crippen LogP contribution in [-0.4, -0.2) is 24.2 Å². The van der Waals surface area contributed by atoms with Crippen LogP contribution in [0.2, 0.25) is 5.02 Å². The molecule has 2 aromatic carbocycles. The Morgan fingerprint density at radius 2 is 1.88 bits per heavy atom. The molecule has 2 aliphatic rings. The number of amidine groups is 1. The Labute approximate surface area is 161 Å². The second-order valence-corrected chi connectivity index (χ2v) is 7.71. The first-order valence-corrected chi connectivity index (χ1v) is 9.77. The molecule has 132 valence electrons. The molecule has 0 aromatic heterocycles. The predicted octanol–water partition coefficient (Wildman–Crippen LogP) is 4.83. The second-order valence-electron chi connectivity index (χ2n) is 6.25. The molecule has 2 aromatic rings. The number of halogens is 1. The molecule has 2 saturated heterocycles. The van der Waals surface area contributed by atoms with Gasteiger partial charge in [-0.2, -0.15) is 0 Å². The second kappa shape index (κ2) is 7.56. The van der Waals surface area contributed by atoms with E-state index in [0.717, 1.165) is 24.3 Å². The van der Waals surface area contributed by atoms with Crippen molar-refractivity contribution in [1.29, 1.82) is 0 Å². The largest absolute Gasteiger partial charge is 0.372 e. The number of nitrogens with one attached hydrogen (secondary N) is 1. The minimum absolute atomic E-state index is 0.126. The molecule has 26 heavy (non-hydrogen) atoms. The molecule has 2 heterocycles. The van der Waals surface area contributed by atoms with Gasteiger partial charge in [-0.15, -0.1) is 0 Å². The number of benzene rings is 2. The smallest absolute Gasteiger partial charge is 0.264 e. The van der Waals surface area contributed by atoms with Gasteiger partial charge in [-0.25, -0.2) is 4.99 Å². The minimum atomic E-state index is -0.126. The molecule has 4 nitrogen and oxygen atoms in total. The maximum Gasteiger partial charge on any atom is 0.264 e. The molecule has 6 heteroatoms. The lowest BCUT2D eigenvalue weighted by Gasteiger charge is -2.17. The average Bonchev–Trinajstić information content (AvgIpc) is 3.26. The van der Waals surface area contributed by atoms with Gasteiger partial charge >= 0.3 is 0 Å². The van der Waals surface area contributed by atoms with Crippen molar-refractivity contribution in [3.8, 4) is 0 Å². The lowest BCUT2D eigenvalue weighted by atomic mass is 10.2. The predicted molar refractivity (Wildman–Crippen MR) is 110 cm³/mol. The molecule has 2 fully saturated rings. The maximum atomic E-state index is 12.2. The summed E-state index contributed by atoms with van der Waals surface area (Å²) >= 11 is 7.32. The van der Waals surface area contributed by atoms with E-state index in [-0.39, 0.29) is 5.91 Å². The number of anilines is 1. The van der Waals surface area contributed by atoms with Crippen LogP contribution in [0, 0.1) is 0 Å². The summed E-state index contributed by atoms with van der Waals surface area (Å²) in [5.74, 6) is -0.126. The van der Waals surface area contributed by atoms with Gasteiger partial charge in [-0.05, 0) is 66.6 Å². The minimum Gasteiger partial charge on any atom is -0.372 e. The van der Waals surface area contributed by atoms with E-state index in [1.165, 1.54) is 30.3 Å². The van der Waals surface area contributed by atoms with Gasteiger partial charge in [0.1, 0.15) is 0 Å². The van der Waals surface area contributed by atoms with Gasteiger partial charge < -0.3 is 10.2 Å². The van der Waals surface area contributed by atoms with Crippen LogP contribution in [0.15, 0.2) is 58.4 Å². The summed E-state index contributed by atoms with van der Waals surface area (Å²) in [5.41, 5.74) is 2.97. The van der Waals surface area contributed by atoms with Crippen LogP contribution >= 0.6 is 23.4 Å². The molecule has 0 radical (unpaired) electrons. The molecule has 2 aliphatic heterocycles. The number of aliphatic imine (C=N–C) groups is 1. The first kappa shape index (κ1) is 17.2. The van der Waals surface area contributed by atoms with Crippen molar-refractivity contribution in [3.05, 3.63) is 64.0 Å². The maximum absolute atomic E-state index is 12.2. The summed E-state index contributed by atoms with van der Waals surface area (Å²) in [5, 5.41) is 3.99. The third-order valence-corrected chi connectivity index (χ3v) is 5.50. The molecule has 0 saturated carbocycles.